The van der Waals surface area contributed by atoms with Gasteiger partial charge in [-0.3, -0.25) is 0 Å². The molecule has 0 amide bonds. The van der Waals surface area contributed by atoms with Crippen molar-refractivity contribution in [3.63, 3.8) is 0 Å². The molecule has 100 valence electrons. The zero-order valence-electron chi connectivity index (χ0n) is 11.0. The lowest BCUT2D eigenvalue weighted by Crippen LogP contribution is -2.46. The van der Waals surface area contributed by atoms with Gasteiger partial charge in [0.15, 0.2) is 0 Å². The first-order chi connectivity index (χ1) is 8.65. The van der Waals surface area contributed by atoms with Gasteiger partial charge in [0.1, 0.15) is 0 Å². The van der Waals surface area contributed by atoms with Crippen LogP contribution >= 0.6 is 15.9 Å². The first-order valence-corrected chi connectivity index (χ1v) is 7.36. The fourth-order valence-electron chi connectivity index (χ4n) is 2.56. The zero-order chi connectivity index (χ0) is 13.0. The molecule has 1 heterocycles. The Morgan fingerprint density at radius 3 is 2.83 bits per heavy atom. The van der Waals surface area contributed by atoms with E-state index in [4.69, 9.17) is 5.73 Å². The fraction of sp³-hybridized carbons (Fsp3) is 0.571. The second kappa shape index (κ2) is 6.04. The Bertz CT molecular complexity index is 396. The van der Waals surface area contributed by atoms with E-state index < -0.39 is 0 Å². The summed E-state index contributed by atoms with van der Waals surface area (Å²) in [5, 5.41) is 3.67. The number of benzene rings is 1. The van der Waals surface area contributed by atoms with E-state index in [1.165, 1.54) is 13.0 Å². The van der Waals surface area contributed by atoms with Crippen LogP contribution in [0.5, 0.6) is 0 Å². The molecule has 18 heavy (non-hydrogen) atoms. The van der Waals surface area contributed by atoms with Crippen molar-refractivity contribution in [2.45, 2.75) is 24.8 Å². The molecule has 0 saturated carbocycles. The third-order valence-corrected chi connectivity index (χ3v) is 4.52. The van der Waals surface area contributed by atoms with Crippen LogP contribution in [0.2, 0.25) is 0 Å². The Labute approximate surface area is 118 Å². The summed E-state index contributed by atoms with van der Waals surface area (Å²) < 4.78 is 1.11. The minimum absolute atomic E-state index is 0.0363. The number of anilines is 1. The molecule has 3 N–H and O–H groups in total. The number of nitrogens with one attached hydrogen (secondary N) is 1. The Balaban J connectivity index is 2.15. The molecule has 1 aliphatic rings. The van der Waals surface area contributed by atoms with E-state index in [0.717, 1.165) is 29.5 Å². The summed E-state index contributed by atoms with van der Waals surface area (Å²) >= 11 is 3.59. The average Bonchev–Trinajstić information content (AvgIpc) is 2.56. The van der Waals surface area contributed by atoms with Crippen molar-refractivity contribution < 1.29 is 0 Å². The second-order valence-electron chi connectivity index (χ2n) is 5.25. The molecular formula is C14H22BrN3. The van der Waals surface area contributed by atoms with E-state index in [-0.39, 0.29) is 5.54 Å². The molecule has 1 aromatic carbocycles. The summed E-state index contributed by atoms with van der Waals surface area (Å²) in [4.78, 5) is 2.39. The molecule has 0 radical (unpaired) electrons. The third kappa shape index (κ3) is 3.25. The number of rotatable bonds is 3. The minimum Gasteiger partial charge on any atom is -0.377 e. The molecule has 1 aliphatic heterocycles. The molecule has 3 nitrogen and oxygen atoms in total. The molecule has 1 saturated heterocycles. The van der Waals surface area contributed by atoms with Crippen LogP contribution in [0.25, 0.3) is 0 Å². The van der Waals surface area contributed by atoms with Gasteiger partial charge in [-0.1, -0.05) is 12.1 Å². The van der Waals surface area contributed by atoms with Crippen LogP contribution in [0.15, 0.2) is 28.7 Å². The van der Waals surface area contributed by atoms with E-state index in [9.17, 15) is 0 Å². The maximum absolute atomic E-state index is 6.05. The Morgan fingerprint density at radius 1 is 1.33 bits per heavy atom. The molecule has 0 aliphatic carbocycles. The highest BCUT2D eigenvalue weighted by atomic mass is 79.9. The van der Waals surface area contributed by atoms with E-state index in [1.807, 2.05) is 6.07 Å². The summed E-state index contributed by atoms with van der Waals surface area (Å²) in [6.45, 7) is 2.95. The third-order valence-electron chi connectivity index (χ3n) is 3.83. The van der Waals surface area contributed by atoms with Gasteiger partial charge in [0.05, 0.1) is 5.54 Å². The van der Waals surface area contributed by atoms with Gasteiger partial charge in [-0.25, -0.2) is 0 Å². The highest BCUT2D eigenvalue weighted by Crippen LogP contribution is 2.30. The van der Waals surface area contributed by atoms with E-state index >= 15 is 0 Å². The Hall–Kier alpha value is -0.580. The molecule has 0 bridgehead atoms. The van der Waals surface area contributed by atoms with Crippen molar-refractivity contribution in [1.82, 2.24) is 4.90 Å². The van der Waals surface area contributed by atoms with Gasteiger partial charge < -0.3 is 16.0 Å². The SMILES string of the molecule is CN1CCCC(CN)(Nc2ccccc2Br)CC1. The van der Waals surface area contributed by atoms with Gasteiger partial charge in [-0.05, 0) is 60.9 Å². The van der Waals surface area contributed by atoms with Gasteiger partial charge in [0, 0.05) is 23.2 Å². The average molecular weight is 312 g/mol. The molecule has 2 rings (SSSR count). The van der Waals surface area contributed by atoms with Crippen molar-refractivity contribution in [3.8, 4) is 0 Å². The number of hydrogen-bond acceptors (Lipinski definition) is 3. The first-order valence-electron chi connectivity index (χ1n) is 6.56. The van der Waals surface area contributed by atoms with Crippen molar-refractivity contribution in [3.05, 3.63) is 28.7 Å². The molecule has 1 unspecified atom stereocenters. The van der Waals surface area contributed by atoms with Crippen LogP contribution < -0.4 is 11.1 Å². The molecule has 1 aromatic rings. The van der Waals surface area contributed by atoms with E-state index in [1.54, 1.807) is 0 Å². The summed E-state index contributed by atoms with van der Waals surface area (Å²) in [7, 11) is 2.19. The van der Waals surface area contributed by atoms with Gasteiger partial charge >= 0.3 is 0 Å². The molecule has 4 heteroatoms. The lowest BCUT2D eigenvalue weighted by molar-refractivity contribution is 0.337. The number of nitrogens with two attached hydrogens (primary N) is 1. The molecule has 1 fully saturated rings. The quantitative estimate of drug-likeness (QED) is 0.901. The Kier molecular flexibility index (Phi) is 4.65. The van der Waals surface area contributed by atoms with Crippen LogP contribution in [0.1, 0.15) is 19.3 Å². The fourth-order valence-corrected chi connectivity index (χ4v) is 2.94. The predicted octanol–water partition coefficient (Wildman–Crippen LogP) is 2.67. The number of halogens is 1. The van der Waals surface area contributed by atoms with Gasteiger partial charge in [0.25, 0.3) is 0 Å². The first kappa shape index (κ1) is 13.8. The van der Waals surface area contributed by atoms with Crippen molar-refractivity contribution in [1.29, 1.82) is 0 Å². The molecular weight excluding hydrogens is 290 g/mol. The van der Waals surface area contributed by atoms with E-state index in [2.05, 4.69) is 51.4 Å². The maximum atomic E-state index is 6.05. The smallest absolute Gasteiger partial charge is 0.0508 e. The summed E-state index contributed by atoms with van der Waals surface area (Å²) in [5.41, 5.74) is 7.24. The molecule has 0 spiro atoms. The normalized spacial score (nSPS) is 25.7. The zero-order valence-corrected chi connectivity index (χ0v) is 12.5. The monoisotopic (exact) mass is 311 g/mol. The van der Waals surface area contributed by atoms with Gasteiger partial charge in [0.2, 0.25) is 0 Å². The van der Waals surface area contributed by atoms with E-state index in [0.29, 0.717) is 6.54 Å². The highest BCUT2D eigenvalue weighted by molar-refractivity contribution is 9.10. The van der Waals surface area contributed by atoms with Crippen LogP contribution in [0, 0.1) is 0 Å². The van der Waals surface area contributed by atoms with Crippen molar-refractivity contribution in [2.75, 3.05) is 32.0 Å². The second-order valence-corrected chi connectivity index (χ2v) is 6.10. The number of nitrogens with zero attached hydrogens (tertiary/aromatic N) is 1. The Morgan fingerprint density at radius 2 is 2.11 bits per heavy atom. The van der Waals surface area contributed by atoms with Crippen LogP contribution in [0.3, 0.4) is 0 Å². The van der Waals surface area contributed by atoms with Gasteiger partial charge in [-0.2, -0.15) is 0 Å². The minimum atomic E-state index is 0.0363. The summed E-state index contributed by atoms with van der Waals surface area (Å²) in [6, 6.07) is 8.26. The highest BCUT2D eigenvalue weighted by Gasteiger charge is 2.30. The topological polar surface area (TPSA) is 41.3 Å². The van der Waals surface area contributed by atoms with Crippen LogP contribution in [-0.2, 0) is 0 Å². The number of hydrogen-bond donors (Lipinski definition) is 2. The van der Waals surface area contributed by atoms with Crippen molar-refractivity contribution in [2.24, 2.45) is 5.73 Å². The van der Waals surface area contributed by atoms with Crippen LogP contribution in [-0.4, -0.2) is 37.1 Å². The standard InChI is InChI=1S/C14H22BrN3/c1-18-9-4-7-14(11-16,8-10-18)17-13-6-3-2-5-12(13)15/h2-3,5-6,17H,4,7-11,16H2,1H3. The number of para-hydroxylation sites is 1. The maximum Gasteiger partial charge on any atom is 0.0508 e. The van der Waals surface area contributed by atoms with Crippen LogP contribution in [0.4, 0.5) is 5.69 Å². The lowest BCUT2D eigenvalue weighted by atomic mass is 9.90. The lowest BCUT2D eigenvalue weighted by Gasteiger charge is -2.34. The summed E-state index contributed by atoms with van der Waals surface area (Å²) in [5.74, 6) is 0. The van der Waals surface area contributed by atoms with Gasteiger partial charge in [-0.15, -0.1) is 0 Å². The largest absolute Gasteiger partial charge is 0.377 e. The summed E-state index contributed by atoms with van der Waals surface area (Å²) in [6.07, 6.45) is 3.43. The van der Waals surface area contributed by atoms with Crippen molar-refractivity contribution >= 4 is 21.6 Å². The number of likely N-dealkylation sites (tertiary alicyclic amines) is 1. The predicted molar refractivity (Wildman–Crippen MR) is 80.9 cm³/mol. The molecule has 0 aromatic heterocycles. The molecule has 1 atom stereocenters.